The summed E-state index contributed by atoms with van der Waals surface area (Å²) >= 11 is 0. The average Bonchev–Trinajstić information content (AvgIpc) is 2.67. The number of benzene rings is 1. The van der Waals surface area contributed by atoms with Crippen LogP contribution in [0, 0.1) is 0 Å². The second-order valence-electron chi connectivity index (χ2n) is 3.06. The first-order valence-corrected chi connectivity index (χ1v) is 4.32. The van der Waals surface area contributed by atoms with Crippen LogP contribution in [0.25, 0.3) is 11.3 Å². The minimum absolute atomic E-state index is 0. The van der Waals surface area contributed by atoms with Crippen molar-refractivity contribution in [1.29, 1.82) is 0 Å². The van der Waals surface area contributed by atoms with Crippen molar-refractivity contribution >= 4 is 24.1 Å². The van der Waals surface area contributed by atoms with Crippen molar-refractivity contribution in [3.05, 3.63) is 36.0 Å². The van der Waals surface area contributed by atoms with Gasteiger partial charge in [0.2, 0.25) is 0 Å². The summed E-state index contributed by atoms with van der Waals surface area (Å²) in [5.74, 6) is -1.04. The van der Waals surface area contributed by atoms with Gasteiger partial charge in [-0.1, -0.05) is 18.2 Å². The first-order valence-electron chi connectivity index (χ1n) is 4.32. The molecular formula is C10H10ClN3O2. The van der Waals surface area contributed by atoms with Gasteiger partial charge in [-0.05, 0) is 12.1 Å². The SMILES string of the molecule is Cl.Nc1ccccc1-c1cc(C(=O)O)[nH]n1. The van der Waals surface area contributed by atoms with Gasteiger partial charge in [-0.2, -0.15) is 5.10 Å². The van der Waals surface area contributed by atoms with Crippen LogP contribution in [0.1, 0.15) is 10.5 Å². The van der Waals surface area contributed by atoms with Gasteiger partial charge >= 0.3 is 5.97 Å². The summed E-state index contributed by atoms with van der Waals surface area (Å²) in [7, 11) is 0. The van der Waals surface area contributed by atoms with E-state index in [0.29, 0.717) is 11.4 Å². The van der Waals surface area contributed by atoms with Gasteiger partial charge < -0.3 is 10.8 Å². The zero-order valence-electron chi connectivity index (χ0n) is 8.18. The molecule has 0 spiro atoms. The number of hydrogen-bond acceptors (Lipinski definition) is 3. The molecule has 0 aliphatic carbocycles. The van der Waals surface area contributed by atoms with Crippen molar-refractivity contribution in [3.8, 4) is 11.3 Å². The monoisotopic (exact) mass is 239 g/mol. The molecule has 0 aliphatic rings. The number of nitrogens with one attached hydrogen (secondary N) is 1. The zero-order valence-corrected chi connectivity index (χ0v) is 8.99. The van der Waals surface area contributed by atoms with Gasteiger partial charge in [0.05, 0.1) is 5.69 Å². The summed E-state index contributed by atoms with van der Waals surface area (Å²) in [5.41, 5.74) is 7.61. The Bertz CT molecular complexity index is 510. The highest BCUT2D eigenvalue weighted by Gasteiger charge is 2.10. The molecule has 5 nitrogen and oxygen atoms in total. The molecular weight excluding hydrogens is 230 g/mol. The van der Waals surface area contributed by atoms with E-state index in [9.17, 15) is 4.79 Å². The van der Waals surface area contributed by atoms with Crippen LogP contribution in [0.5, 0.6) is 0 Å². The third-order valence-electron chi connectivity index (χ3n) is 2.05. The molecule has 6 heteroatoms. The van der Waals surface area contributed by atoms with Crippen LogP contribution in [0.15, 0.2) is 30.3 Å². The minimum atomic E-state index is -1.04. The number of H-pyrrole nitrogens is 1. The maximum Gasteiger partial charge on any atom is 0.353 e. The Labute approximate surface area is 97.7 Å². The first kappa shape index (κ1) is 12.1. The molecule has 0 fully saturated rings. The molecule has 2 aromatic rings. The van der Waals surface area contributed by atoms with Crippen molar-refractivity contribution < 1.29 is 9.90 Å². The Morgan fingerprint density at radius 1 is 1.38 bits per heavy atom. The molecule has 0 amide bonds. The normalized spacial score (nSPS) is 9.50. The lowest BCUT2D eigenvalue weighted by atomic mass is 10.1. The number of aromatic carboxylic acids is 1. The highest BCUT2D eigenvalue weighted by atomic mass is 35.5. The summed E-state index contributed by atoms with van der Waals surface area (Å²) in [5, 5.41) is 15.0. The molecule has 0 unspecified atom stereocenters. The minimum Gasteiger partial charge on any atom is -0.477 e. The van der Waals surface area contributed by atoms with Crippen LogP contribution in [-0.2, 0) is 0 Å². The molecule has 2 rings (SSSR count). The van der Waals surface area contributed by atoms with E-state index in [1.54, 1.807) is 12.1 Å². The Morgan fingerprint density at radius 2 is 2.06 bits per heavy atom. The van der Waals surface area contributed by atoms with Crippen LogP contribution in [0.4, 0.5) is 5.69 Å². The number of hydrogen-bond donors (Lipinski definition) is 3. The molecule has 1 aromatic heterocycles. The number of nitrogen functional groups attached to an aromatic ring is 1. The van der Waals surface area contributed by atoms with Crippen molar-refractivity contribution in [2.24, 2.45) is 0 Å². The fourth-order valence-electron chi connectivity index (χ4n) is 1.30. The standard InChI is InChI=1S/C10H9N3O2.ClH/c11-7-4-2-1-3-6(7)8-5-9(10(14)15)13-12-8;/h1-5H,11H2,(H,12,13)(H,14,15);1H. The molecule has 0 radical (unpaired) electrons. The smallest absolute Gasteiger partial charge is 0.353 e. The molecule has 4 N–H and O–H groups in total. The van der Waals surface area contributed by atoms with Gasteiger partial charge in [-0.15, -0.1) is 12.4 Å². The molecule has 1 heterocycles. The van der Waals surface area contributed by atoms with Gasteiger partial charge in [0.25, 0.3) is 0 Å². The van der Waals surface area contributed by atoms with Crippen molar-refractivity contribution in [1.82, 2.24) is 10.2 Å². The third kappa shape index (κ3) is 2.14. The second-order valence-corrected chi connectivity index (χ2v) is 3.06. The molecule has 84 valence electrons. The van der Waals surface area contributed by atoms with E-state index < -0.39 is 5.97 Å². The highest BCUT2D eigenvalue weighted by molar-refractivity contribution is 5.87. The number of nitrogens with zero attached hydrogens (tertiary/aromatic N) is 1. The quantitative estimate of drug-likeness (QED) is 0.697. The number of aromatic nitrogens is 2. The summed E-state index contributed by atoms with van der Waals surface area (Å²) in [4.78, 5) is 10.6. The van der Waals surface area contributed by atoms with E-state index in [0.717, 1.165) is 5.56 Å². The molecule has 0 saturated carbocycles. The lowest BCUT2D eigenvalue weighted by molar-refractivity contribution is 0.0690. The van der Waals surface area contributed by atoms with E-state index in [4.69, 9.17) is 10.8 Å². The number of carboxylic acid groups (broad SMARTS) is 1. The molecule has 16 heavy (non-hydrogen) atoms. The Kier molecular flexibility index (Phi) is 3.52. The number of rotatable bonds is 2. The maximum absolute atomic E-state index is 10.6. The fraction of sp³-hybridized carbons (Fsp3) is 0. The summed E-state index contributed by atoms with van der Waals surface area (Å²) in [6, 6.07) is 8.61. The van der Waals surface area contributed by atoms with E-state index >= 15 is 0 Å². The van der Waals surface area contributed by atoms with E-state index in [2.05, 4.69) is 10.2 Å². The largest absolute Gasteiger partial charge is 0.477 e. The van der Waals surface area contributed by atoms with Gasteiger partial charge in [-0.3, -0.25) is 5.10 Å². The van der Waals surface area contributed by atoms with Gasteiger partial charge in [-0.25, -0.2) is 4.79 Å². The predicted molar refractivity (Wildman–Crippen MR) is 62.6 cm³/mol. The second kappa shape index (κ2) is 4.67. The van der Waals surface area contributed by atoms with Gasteiger partial charge in [0, 0.05) is 11.3 Å². The molecule has 0 bridgehead atoms. The summed E-state index contributed by atoms with van der Waals surface area (Å²) < 4.78 is 0. The summed E-state index contributed by atoms with van der Waals surface area (Å²) in [6.45, 7) is 0. The zero-order chi connectivity index (χ0) is 10.8. The number of carbonyl (C=O) groups is 1. The molecule has 0 saturated heterocycles. The van der Waals surface area contributed by atoms with Crippen LogP contribution in [0.3, 0.4) is 0 Å². The number of para-hydroxylation sites is 1. The Hall–Kier alpha value is -2.01. The number of anilines is 1. The molecule has 0 atom stereocenters. The molecule has 1 aromatic carbocycles. The first-order chi connectivity index (χ1) is 7.18. The average molecular weight is 240 g/mol. The third-order valence-corrected chi connectivity index (χ3v) is 2.05. The molecule has 0 aliphatic heterocycles. The fourth-order valence-corrected chi connectivity index (χ4v) is 1.30. The van der Waals surface area contributed by atoms with E-state index in [1.807, 2.05) is 12.1 Å². The maximum atomic E-state index is 10.6. The highest BCUT2D eigenvalue weighted by Crippen LogP contribution is 2.23. The Morgan fingerprint density at radius 3 is 2.62 bits per heavy atom. The van der Waals surface area contributed by atoms with Crippen LogP contribution in [-0.4, -0.2) is 21.3 Å². The number of carboxylic acids is 1. The topological polar surface area (TPSA) is 92.0 Å². The Balaban J connectivity index is 0.00000128. The van der Waals surface area contributed by atoms with Crippen LogP contribution < -0.4 is 5.73 Å². The number of halogens is 1. The number of nitrogens with two attached hydrogens (primary N) is 1. The lowest BCUT2D eigenvalue weighted by Gasteiger charge is -1.99. The number of aromatic amines is 1. The van der Waals surface area contributed by atoms with Crippen LogP contribution in [0.2, 0.25) is 0 Å². The van der Waals surface area contributed by atoms with E-state index in [1.165, 1.54) is 6.07 Å². The van der Waals surface area contributed by atoms with Gasteiger partial charge in [0.15, 0.2) is 0 Å². The van der Waals surface area contributed by atoms with Crippen molar-refractivity contribution in [2.45, 2.75) is 0 Å². The van der Waals surface area contributed by atoms with Crippen LogP contribution >= 0.6 is 12.4 Å². The predicted octanol–water partition coefficient (Wildman–Crippen LogP) is 1.78. The van der Waals surface area contributed by atoms with E-state index in [-0.39, 0.29) is 18.1 Å². The van der Waals surface area contributed by atoms with Gasteiger partial charge in [0.1, 0.15) is 5.69 Å². The lowest BCUT2D eigenvalue weighted by Crippen LogP contribution is -1.95. The van der Waals surface area contributed by atoms with Crippen molar-refractivity contribution in [3.63, 3.8) is 0 Å². The summed E-state index contributed by atoms with van der Waals surface area (Å²) in [6.07, 6.45) is 0. The van der Waals surface area contributed by atoms with Crippen molar-refractivity contribution in [2.75, 3.05) is 5.73 Å².